The summed E-state index contributed by atoms with van der Waals surface area (Å²) >= 11 is 3.78. The summed E-state index contributed by atoms with van der Waals surface area (Å²) in [5, 5.41) is 1.66. The lowest BCUT2D eigenvalue weighted by Crippen LogP contribution is -1.99. The summed E-state index contributed by atoms with van der Waals surface area (Å²) in [6.45, 7) is 2.12. The van der Waals surface area contributed by atoms with Crippen molar-refractivity contribution in [3.8, 4) is 0 Å². The second-order valence-electron chi connectivity index (χ2n) is 5.28. The Bertz CT molecular complexity index is 779. The van der Waals surface area contributed by atoms with Crippen LogP contribution in [0, 0.1) is 12.7 Å². The van der Waals surface area contributed by atoms with Gasteiger partial charge in [-0.25, -0.2) is 4.39 Å². The lowest BCUT2D eigenvalue weighted by Gasteiger charge is -2.15. The standard InChI is InChI=1S/C19H16BrF/c1-13-6-2-3-7-14(13)12-18(20)16-10-11-19(21)17-9-5-4-8-15(16)17/h2-11,18H,12H2,1H3. The van der Waals surface area contributed by atoms with Crippen LogP contribution in [0.3, 0.4) is 0 Å². The molecule has 0 amide bonds. The summed E-state index contributed by atoms with van der Waals surface area (Å²) in [6.07, 6.45) is 0.891. The van der Waals surface area contributed by atoms with E-state index in [9.17, 15) is 4.39 Å². The number of rotatable bonds is 3. The van der Waals surface area contributed by atoms with Crippen molar-refractivity contribution >= 4 is 26.7 Å². The van der Waals surface area contributed by atoms with Gasteiger partial charge in [0.1, 0.15) is 5.82 Å². The molecular weight excluding hydrogens is 327 g/mol. The Morgan fingerprint density at radius 1 is 0.905 bits per heavy atom. The van der Waals surface area contributed by atoms with Gasteiger partial charge in [0.15, 0.2) is 0 Å². The van der Waals surface area contributed by atoms with Crippen LogP contribution in [0.4, 0.5) is 4.39 Å². The molecule has 3 rings (SSSR count). The van der Waals surface area contributed by atoms with E-state index in [1.165, 1.54) is 11.1 Å². The van der Waals surface area contributed by atoms with Crippen LogP contribution in [0.2, 0.25) is 0 Å². The van der Waals surface area contributed by atoms with E-state index in [0.29, 0.717) is 5.39 Å². The first-order chi connectivity index (χ1) is 10.2. The highest BCUT2D eigenvalue weighted by Crippen LogP contribution is 2.34. The van der Waals surface area contributed by atoms with Crippen LogP contribution in [-0.4, -0.2) is 0 Å². The van der Waals surface area contributed by atoms with E-state index < -0.39 is 0 Å². The molecule has 0 fully saturated rings. The quantitative estimate of drug-likeness (QED) is 0.514. The van der Waals surface area contributed by atoms with E-state index in [1.807, 2.05) is 30.3 Å². The van der Waals surface area contributed by atoms with Crippen LogP contribution in [-0.2, 0) is 6.42 Å². The second-order valence-corrected chi connectivity index (χ2v) is 6.39. The van der Waals surface area contributed by atoms with E-state index in [4.69, 9.17) is 0 Å². The minimum Gasteiger partial charge on any atom is -0.206 e. The predicted molar refractivity (Wildman–Crippen MR) is 90.5 cm³/mol. The fraction of sp³-hybridized carbons (Fsp3) is 0.158. The largest absolute Gasteiger partial charge is 0.206 e. The van der Waals surface area contributed by atoms with Gasteiger partial charge < -0.3 is 0 Å². The Labute approximate surface area is 132 Å². The number of benzene rings is 3. The Morgan fingerprint density at radius 2 is 1.57 bits per heavy atom. The third-order valence-corrected chi connectivity index (χ3v) is 4.72. The molecule has 0 saturated carbocycles. The fourth-order valence-electron chi connectivity index (χ4n) is 2.70. The smallest absolute Gasteiger partial charge is 0.131 e. The highest BCUT2D eigenvalue weighted by atomic mass is 79.9. The first-order valence-corrected chi connectivity index (χ1v) is 7.94. The number of hydrogen-bond acceptors (Lipinski definition) is 0. The average Bonchev–Trinajstić information content (AvgIpc) is 2.50. The Balaban J connectivity index is 2.01. The molecule has 0 aliphatic carbocycles. The fourth-order valence-corrected chi connectivity index (χ4v) is 3.45. The van der Waals surface area contributed by atoms with Crippen molar-refractivity contribution in [2.75, 3.05) is 0 Å². The summed E-state index contributed by atoms with van der Waals surface area (Å²) in [5.74, 6) is -0.162. The molecule has 0 spiro atoms. The molecule has 21 heavy (non-hydrogen) atoms. The molecule has 3 aromatic rings. The van der Waals surface area contributed by atoms with Gasteiger partial charge in [0.25, 0.3) is 0 Å². The normalized spacial score (nSPS) is 12.5. The zero-order valence-electron chi connectivity index (χ0n) is 11.8. The van der Waals surface area contributed by atoms with E-state index in [2.05, 4.69) is 47.1 Å². The average molecular weight is 343 g/mol. The van der Waals surface area contributed by atoms with Gasteiger partial charge in [-0.3, -0.25) is 0 Å². The SMILES string of the molecule is Cc1ccccc1CC(Br)c1ccc(F)c2ccccc12. The maximum absolute atomic E-state index is 13.9. The summed E-state index contributed by atoms with van der Waals surface area (Å²) in [6, 6.07) is 19.5. The molecule has 0 radical (unpaired) electrons. The molecular formula is C19H16BrF. The highest BCUT2D eigenvalue weighted by molar-refractivity contribution is 9.09. The van der Waals surface area contributed by atoms with Gasteiger partial charge >= 0.3 is 0 Å². The van der Waals surface area contributed by atoms with Gasteiger partial charge in [-0.1, -0.05) is 70.5 Å². The molecule has 0 heterocycles. The van der Waals surface area contributed by atoms with Gasteiger partial charge in [0.05, 0.1) is 0 Å². The van der Waals surface area contributed by atoms with Gasteiger partial charge in [-0.15, -0.1) is 0 Å². The summed E-state index contributed by atoms with van der Waals surface area (Å²) in [5.41, 5.74) is 3.73. The molecule has 1 unspecified atom stereocenters. The molecule has 0 aliphatic rings. The first kappa shape index (κ1) is 14.3. The van der Waals surface area contributed by atoms with Crippen LogP contribution in [0.5, 0.6) is 0 Å². The topological polar surface area (TPSA) is 0 Å². The second kappa shape index (κ2) is 5.98. The minimum absolute atomic E-state index is 0.162. The van der Waals surface area contributed by atoms with Gasteiger partial charge in [0, 0.05) is 10.2 Å². The molecule has 1 atom stereocenters. The molecule has 0 saturated heterocycles. The van der Waals surface area contributed by atoms with E-state index in [-0.39, 0.29) is 10.6 Å². The lowest BCUT2D eigenvalue weighted by molar-refractivity contribution is 0.639. The van der Waals surface area contributed by atoms with Crippen molar-refractivity contribution in [2.45, 2.75) is 18.2 Å². The van der Waals surface area contributed by atoms with Gasteiger partial charge in [-0.05, 0) is 41.5 Å². The van der Waals surface area contributed by atoms with Crippen molar-refractivity contribution in [2.24, 2.45) is 0 Å². The van der Waals surface area contributed by atoms with Crippen LogP contribution in [0.1, 0.15) is 21.5 Å². The van der Waals surface area contributed by atoms with Crippen molar-refractivity contribution in [3.05, 3.63) is 83.2 Å². The molecule has 0 aromatic heterocycles. The van der Waals surface area contributed by atoms with Gasteiger partial charge in [0.2, 0.25) is 0 Å². The molecule has 2 heteroatoms. The zero-order valence-corrected chi connectivity index (χ0v) is 13.4. The zero-order chi connectivity index (χ0) is 14.8. The number of fused-ring (bicyclic) bond motifs is 1. The van der Waals surface area contributed by atoms with Crippen molar-refractivity contribution in [1.29, 1.82) is 0 Å². The van der Waals surface area contributed by atoms with E-state index >= 15 is 0 Å². The van der Waals surface area contributed by atoms with Crippen molar-refractivity contribution in [3.63, 3.8) is 0 Å². The van der Waals surface area contributed by atoms with Crippen molar-refractivity contribution in [1.82, 2.24) is 0 Å². The van der Waals surface area contributed by atoms with E-state index in [1.54, 1.807) is 6.07 Å². The molecule has 3 aromatic carbocycles. The Kier molecular flexibility index (Phi) is 4.07. The number of hydrogen-bond donors (Lipinski definition) is 0. The molecule has 106 valence electrons. The monoisotopic (exact) mass is 342 g/mol. The minimum atomic E-state index is -0.162. The van der Waals surface area contributed by atoms with Crippen molar-refractivity contribution < 1.29 is 4.39 Å². The third-order valence-electron chi connectivity index (χ3n) is 3.90. The summed E-state index contributed by atoms with van der Waals surface area (Å²) in [4.78, 5) is 0.170. The summed E-state index contributed by atoms with van der Waals surface area (Å²) in [7, 11) is 0. The Hall–Kier alpha value is -1.67. The van der Waals surface area contributed by atoms with Crippen LogP contribution in [0.25, 0.3) is 10.8 Å². The maximum atomic E-state index is 13.9. The number of alkyl halides is 1. The highest BCUT2D eigenvalue weighted by Gasteiger charge is 2.14. The van der Waals surface area contributed by atoms with Gasteiger partial charge in [-0.2, -0.15) is 0 Å². The molecule has 0 aliphatic heterocycles. The maximum Gasteiger partial charge on any atom is 0.131 e. The molecule has 0 nitrogen and oxygen atoms in total. The predicted octanol–water partition coefficient (Wildman–Crippen LogP) is 5.97. The number of halogens is 2. The number of aryl methyl sites for hydroxylation is 1. The van der Waals surface area contributed by atoms with E-state index in [0.717, 1.165) is 17.4 Å². The first-order valence-electron chi connectivity index (χ1n) is 7.02. The molecule has 0 bridgehead atoms. The molecule has 0 N–H and O–H groups in total. The summed E-state index contributed by atoms with van der Waals surface area (Å²) < 4.78 is 13.9. The Morgan fingerprint density at radius 3 is 2.33 bits per heavy atom. The van der Waals surface area contributed by atoms with Crippen LogP contribution in [0.15, 0.2) is 60.7 Å². The lowest BCUT2D eigenvalue weighted by atomic mass is 9.96. The van der Waals surface area contributed by atoms with Crippen LogP contribution >= 0.6 is 15.9 Å². The van der Waals surface area contributed by atoms with Crippen LogP contribution < -0.4 is 0 Å². The third kappa shape index (κ3) is 2.86.